The van der Waals surface area contributed by atoms with E-state index in [1.54, 1.807) is 0 Å². The predicted octanol–water partition coefficient (Wildman–Crippen LogP) is 1.53. The maximum absolute atomic E-state index is 8.52. The van der Waals surface area contributed by atoms with Crippen LogP contribution in [0.5, 0.6) is 0 Å². The third-order valence-electron chi connectivity index (χ3n) is 0. The van der Waals surface area contributed by atoms with E-state index in [-0.39, 0.29) is 45.0 Å². The topological polar surface area (TPSA) is 214 Å². The predicted molar refractivity (Wildman–Crippen MR) is 31.6 cm³/mol. The van der Waals surface area contributed by atoms with E-state index in [0.29, 0.717) is 0 Å². The van der Waals surface area contributed by atoms with Crippen LogP contribution < -0.4 is 0 Å². The molecule has 8 nitrogen and oxygen atoms in total. The molecule has 0 bridgehead atoms. The van der Waals surface area contributed by atoms with Crippen molar-refractivity contribution in [2.24, 2.45) is 0 Å². The standard InChI is InChI=1S/4H2N.H2O4S.Pd/c;;;;1-5(2,3)4;/h4*1H2;(H2,1,2,3,4);/q4*-1;;+2/p-2. The molecule has 0 aliphatic rings. The molecule has 0 aliphatic carbocycles. The zero-order valence-corrected chi connectivity index (χ0v) is 7.04. The van der Waals surface area contributed by atoms with Crippen molar-refractivity contribution in [3.05, 3.63) is 24.6 Å². The van der Waals surface area contributed by atoms with Crippen molar-refractivity contribution in [2.45, 2.75) is 0 Å². The van der Waals surface area contributed by atoms with Crippen LogP contribution >= 0.6 is 0 Å². The fraction of sp³-hybridized carbons (Fsp3) is 0. The molecule has 0 aromatic rings. The first-order valence-corrected chi connectivity index (χ1v) is 2.00. The minimum Gasteiger partial charge on any atom is -0.759 e. The Bertz CT molecular complexity index is 100. The molecule has 0 atom stereocenters. The quantitative estimate of drug-likeness (QED) is 0.361. The van der Waals surface area contributed by atoms with Gasteiger partial charge in [-0.15, -0.1) is 0 Å². The van der Waals surface area contributed by atoms with Gasteiger partial charge in [-0.3, -0.25) is 8.42 Å². The third-order valence-corrected chi connectivity index (χ3v) is 0. The van der Waals surface area contributed by atoms with Crippen molar-refractivity contribution in [1.29, 1.82) is 0 Å². The van der Waals surface area contributed by atoms with Gasteiger partial charge >= 0.3 is 20.4 Å². The maximum Gasteiger partial charge on any atom is 2.00 e. The van der Waals surface area contributed by atoms with E-state index in [1.807, 2.05) is 0 Å². The molecule has 0 aliphatic heterocycles. The number of rotatable bonds is 0. The number of hydrogen-bond acceptors (Lipinski definition) is 4. The van der Waals surface area contributed by atoms with E-state index in [0.717, 1.165) is 0 Å². The van der Waals surface area contributed by atoms with Crippen LogP contribution in [-0.4, -0.2) is 17.5 Å². The van der Waals surface area contributed by atoms with Crippen LogP contribution in [0, 0.1) is 0 Å². The van der Waals surface area contributed by atoms with Gasteiger partial charge in [0.25, 0.3) is 0 Å². The van der Waals surface area contributed by atoms with Gasteiger partial charge in [-0.25, -0.2) is 0 Å². The molecule has 0 rings (SSSR count). The Hall–Kier alpha value is 0.372. The van der Waals surface area contributed by atoms with E-state index >= 15 is 0 Å². The smallest absolute Gasteiger partial charge is 0.759 e. The van der Waals surface area contributed by atoms with Gasteiger partial charge in [0, 0.05) is 10.4 Å². The Kier molecular flexibility index (Phi) is 77.1. The Balaban J connectivity index is -0.00000000800. The minimum atomic E-state index is -5.17. The van der Waals surface area contributed by atoms with Crippen molar-refractivity contribution in [2.75, 3.05) is 0 Å². The summed E-state index contributed by atoms with van der Waals surface area (Å²) in [6.07, 6.45) is 0. The fourth-order valence-corrected chi connectivity index (χ4v) is 0. The van der Waals surface area contributed by atoms with Crippen LogP contribution in [0.15, 0.2) is 0 Å². The molecule has 8 N–H and O–H groups in total. The second-order valence-electron chi connectivity index (χ2n) is 0.408. The molecule has 0 spiro atoms. The molecule has 0 saturated heterocycles. The first kappa shape index (κ1) is 47.7. The molecule has 0 aromatic heterocycles. The summed E-state index contributed by atoms with van der Waals surface area (Å²) < 4.78 is 34.1. The van der Waals surface area contributed by atoms with Gasteiger partial charge in [-0.2, -0.15) is 0 Å². The van der Waals surface area contributed by atoms with Crippen LogP contribution in [0.4, 0.5) is 0 Å². The number of nitrogens with two attached hydrogens (primary N) is 4. The minimum absolute atomic E-state index is 0. The van der Waals surface area contributed by atoms with Gasteiger partial charge in [0.15, 0.2) is 0 Å². The molecule has 0 saturated carbocycles. The van der Waals surface area contributed by atoms with E-state index in [2.05, 4.69) is 0 Å². The van der Waals surface area contributed by atoms with E-state index in [4.69, 9.17) is 17.5 Å². The van der Waals surface area contributed by atoms with E-state index < -0.39 is 10.4 Å². The monoisotopic (exact) mass is 266 g/mol. The largest absolute Gasteiger partial charge is 2.00 e. The van der Waals surface area contributed by atoms with Gasteiger partial charge in [0.05, 0.1) is 0 Å². The van der Waals surface area contributed by atoms with Crippen LogP contribution in [-0.2, 0) is 30.8 Å². The Morgan fingerprint density at radius 2 is 0.800 bits per heavy atom. The molecular formula is H8N4O4PdS-4. The summed E-state index contributed by atoms with van der Waals surface area (Å²) in [7, 11) is -5.17. The Morgan fingerprint density at radius 3 is 0.800 bits per heavy atom. The van der Waals surface area contributed by atoms with Crippen molar-refractivity contribution >= 4 is 10.4 Å². The van der Waals surface area contributed by atoms with Crippen LogP contribution in [0.25, 0.3) is 24.6 Å². The van der Waals surface area contributed by atoms with Crippen molar-refractivity contribution in [3.63, 3.8) is 0 Å². The molecule has 0 fully saturated rings. The van der Waals surface area contributed by atoms with Gasteiger partial charge < -0.3 is 33.7 Å². The van der Waals surface area contributed by atoms with Gasteiger partial charge in [0.1, 0.15) is 0 Å². The summed E-state index contributed by atoms with van der Waals surface area (Å²) in [6, 6.07) is 0. The molecule has 0 heterocycles. The molecule has 0 aromatic carbocycles. The van der Waals surface area contributed by atoms with E-state index in [1.165, 1.54) is 0 Å². The normalized spacial score (nSPS) is 5.80. The zero-order valence-electron chi connectivity index (χ0n) is 4.67. The summed E-state index contributed by atoms with van der Waals surface area (Å²) in [5.74, 6) is 0. The van der Waals surface area contributed by atoms with Crippen molar-refractivity contribution < 1.29 is 37.9 Å². The van der Waals surface area contributed by atoms with Gasteiger partial charge in [0.2, 0.25) is 0 Å². The second kappa shape index (κ2) is 16.2. The second-order valence-corrected chi connectivity index (χ2v) is 1.22. The molecule has 72 valence electrons. The molecule has 10 heteroatoms. The van der Waals surface area contributed by atoms with Crippen LogP contribution in [0.2, 0.25) is 0 Å². The zero-order chi connectivity index (χ0) is 4.50. The summed E-state index contributed by atoms with van der Waals surface area (Å²) in [5, 5.41) is 0. The van der Waals surface area contributed by atoms with Crippen LogP contribution in [0.3, 0.4) is 0 Å². The maximum atomic E-state index is 8.52. The van der Waals surface area contributed by atoms with Crippen molar-refractivity contribution in [3.8, 4) is 0 Å². The molecule has 10 heavy (non-hydrogen) atoms. The molecule has 0 radical (unpaired) electrons. The molecular weight excluding hydrogens is 259 g/mol. The fourth-order valence-electron chi connectivity index (χ4n) is 0. The summed E-state index contributed by atoms with van der Waals surface area (Å²) >= 11 is 0. The first-order chi connectivity index (χ1) is 2.00. The van der Waals surface area contributed by atoms with E-state index in [9.17, 15) is 0 Å². The van der Waals surface area contributed by atoms with Crippen LogP contribution in [0.1, 0.15) is 0 Å². The summed E-state index contributed by atoms with van der Waals surface area (Å²) in [4.78, 5) is 0. The molecule has 0 unspecified atom stereocenters. The summed E-state index contributed by atoms with van der Waals surface area (Å²) in [6.45, 7) is 0. The van der Waals surface area contributed by atoms with Gasteiger partial charge in [-0.1, -0.05) is 0 Å². The van der Waals surface area contributed by atoms with Crippen molar-refractivity contribution in [1.82, 2.24) is 0 Å². The Morgan fingerprint density at radius 1 is 0.800 bits per heavy atom. The summed E-state index contributed by atoms with van der Waals surface area (Å²) in [5.41, 5.74) is 0. The Labute approximate surface area is 73.3 Å². The average molecular weight is 267 g/mol. The first-order valence-electron chi connectivity index (χ1n) is 0.667. The molecule has 0 amide bonds. The van der Waals surface area contributed by atoms with Gasteiger partial charge in [-0.05, 0) is 0 Å². The third kappa shape index (κ3) is 3280. The number of hydrogen-bond donors (Lipinski definition) is 0. The average Bonchev–Trinajstić information content (AvgIpc) is 0.722. The SMILES string of the molecule is O=S(=O)([O-])[O-].[NH2-].[NH2-].[NH2-].[NH2-].[Pd+2].